The van der Waals surface area contributed by atoms with E-state index in [2.05, 4.69) is 32.3 Å². The Labute approximate surface area is 188 Å². The number of carbonyl (C=O) groups excluding carboxylic acids is 1. The van der Waals surface area contributed by atoms with Crippen LogP contribution in [-0.2, 0) is 4.74 Å². The predicted molar refractivity (Wildman–Crippen MR) is 120 cm³/mol. The summed E-state index contributed by atoms with van der Waals surface area (Å²) in [5, 5.41) is 21.1. The van der Waals surface area contributed by atoms with Crippen LogP contribution in [0.1, 0.15) is 61.6 Å². The highest BCUT2D eigenvalue weighted by Crippen LogP contribution is 2.61. The molecule has 0 radical (unpaired) electrons. The minimum Gasteiger partial charge on any atom is -0.461 e. The Hall–Kier alpha value is -2.68. The molecule has 9 nitrogen and oxygen atoms in total. The number of rotatable bonds is 8. The number of ether oxygens (including phenoxy) is 1. The molecule has 0 spiro atoms. The van der Waals surface area contributed by atoms with Crippen LogP contribution in [0, 0.1) is 24.7 Å². The molecule has 4 aliphatic carbocycles. The molecule has 6 rings (SSSR count). The van der Waals surface area contributed by atoms with Gasteiger partial charge in [-0.1, -0.05) is 13.3 Å². The fourth-order valence-corrected chi connectivity index (χ4v) is 6.22. The lowest BCUT2D eigenvalue weighted by Crippen LogP contribution is -2.47. The molecule has 9 heteroatoms. The van der Waals surface area contributed by atoms with Crippen molar-refractivity contribution in [3.05, 3.63) is 23.5 Å². The van der Waals surface area contributed by atoms with Gasteiger partial charge in [0.1, 0.15) is 5.82 Å². The summed E-state index contributed by atoms with van der Waals surface area (Å²) < 4.78 is 5.42. The quantitative estimate of drug-likeness (QED) is 0.423. The summed E-state index contributed by atoms with van der Waals surface area (Å²) in [6, 6.07) is 3.76. The van der Waals surface area contributed by atoms with Gasteiger partial charge in [0.25, 0.3) is 0 Å². The van der Waals surface area contributed by atoms with Gasteiger partial charge in [-0.15, -0.1) is 0 Å². The Morgan fingerprint density at radius 1 is 1.28 bits per heavy atom. The maximum absolute atomic E-state index is 12.7. The van der Waals surface area contributed by atoms with E-state index in [1.54, 1.807) is 6.07 Å². The number of hydrogen-bond acceptors (Lipinski definition) is 8. The average molecular weight is 441 g/mol. The fourth-order valence-electron chi connectivity index (χ4n) is 6.22. The van der Waals surface area contributed by atoms with E-state index < -0.39 is 11.6 Å². The van der Waals surface area contributed by atoms with Crippen molar-refractivity contribution in [3.8, 4) is 0 Å². The van der Waals surface area contributed by atoms with Crippen LogP contribution >= 0.6 is 0 Å². The Balaban J connectivity index is 1.43. The number of aliphatic hydroxyl groups is 1. The number of aryl methyl sites for hydroxylation is 1. The van der Waals surface area contributed by atoms with E-state index in [-0.39, 0.29) is 11.7 Å². The van der Waals surface area contributed by atoms with Crippen LogP contribution in [0.15, 0.2) is 12.1 Å². The first-order valence-corrected chi connectivity index (χ1v) is 11.7. The van der Waals surface area contributed by atoms with E-state index in [0.717, 1.165) is 44.2 Å². The molecule has 0 aliphatic heterocycles. The molecule has 4 saturated carbocycles. The monoisotopic (exact) mass is 440 g/mol. The molecule has 0 aromatic carbocycles. The number of H-pyrrole nitrogens is 1. The highest BCUT2D eigenvalue weighted by molar-refractivity contribution is 5.88. The highest BCUT2D eigenvalue weighted by atomic mass is 16.5. The zero-order valence-electron chi connectivity index (χ0n) is 19.0. The van der Waals surface area contributed by atoms with Crippen LogP contribution in [0.25, 0.3) is 0 Å². The summed E-state index contributed by atoms with van der Waals surface area (Å²) >= 11 is 0. The second-order valence-electron chi connectivity index (χ2n) is 9.85. The van der Waals surface area contributed by atoms with E-state index in [4.69, 9.17) is 9.72 Å². The fraction of sp³-hybridized carbons (Fsp3) is 0.652. The summed E-state index contributed by atoms with van der Waals surface area (Å²) in [7, 11) is 2.01. The minimum atomic E-state index is -0.480. The van der Waals surface area contributed by atoms with Crippen LogP contribution in [0.4, 0.5) is 17.6 Å². The van der Waals surface area contributed by atoms with Crippen molar-refractivity contribution >= 4 is 23.6 Å². The maximum Gasteiger partial charge on any atom is 0.357 e. The SMILES string of the molecule is CCCCOC(=O)c1cc(Nc2cc(C)[nH]n2)nc(N(C)C2C3CC4CC(O)(C3)CC42)n1. The van der Waals surface area contributed by atoms with Gasteiger partial charge in [0.15, 0.2) is 11.5 Å². The van der Waals surface area contributed by atoms with Crippen molar-refractivity contribution in [2.75, 3.05) is 23.9 Å². The minimum absolute atomic E-state index is 0.235. The zero-order chi connectivity index (χ0) is 22.5. The zero-order valence-corrected chi connectivity index (χ0v) is 19.0. The van der Waals surface area contributed by atoms with Gasteiger partial charge in [-0.25, -0.2) is 9.78 Å². The molecule has 0 saturated heterocycles. The van der Waals surface area contributed by atoms with Gasteiger partial charge in [-0.05, 0) is 56.8 Å². The maximum atomic E-state index is 12.7. The third kappa shape index (κ3) is 3.83. The predicted octanol–water partition coefficient (Wildman–Crippen LogP) is 3.19. The number of nitrogens with zero attached hydrogens (tertiary/aromatic N) is 4. The van der Waals surface area contributed by atoms with E-state index >= 15 is 0 Å². The van der Waals surface area contributed by atoms with Gasteiger partial charge < -0.3 is 20.1 Å². The van der Waals surface area contributed by atoms with Gasteiger partial charge in [-0.3, -0.25) is 5.10 Å². The van der Waals surface area contributed by atoms with Gasteiger partial charge in [0.05, 0.1) is 12.2 Å². The van der Waals surface area contributed by atoms with Gasteiger partial charge in [0.2, 0.25) is 5.95 Å². The third-order valence-electron chi connectivity index (χ3n) is 7.41. The number of aromatic nitrogens is 4. The van der Waals surface area contributed by atoms with Gasteiger partial charge in [-0.2, -0.15) is 10.1 Å². The van der Waals surface area contributed by atoms with E-state index in [1.807, 2.05) is 20.0 Å². The Kier molecular flexibility index (Phi) is 5.31. The first kappa shape index (κ1) is 21.2. The molecule has 32 heavy (non-hydrogen) atoms. The van der Waals surface area contributed by atoms with E-state index in [9.17, 15) is 9.90 Å². The Morgan fingerprint density at radius 2 is 2.09 bits per heavy atom. The van der Waals surface area contributed by atoms with Crippen LogP contribution < -0.4 is 10.2 Å². The Morgan fingerprint density at radius 3 is 2.81 bits per heavy atom. The number of hydrogen-bond donors (Lipinski definition) is 3. The lowest BCUT2D eigenvalue weighted by molar-refractivity contribution is -0.0163. The molecule has 172 valence electrons. The molecule has 4 bridgehead atoms. The van der Waals surface area contributed by atoms with Crippen molar-refractivity contribution in [1.29, 1.82) is 0 Å². The number of nitrogens with one attached hydrogen (secondary N) is 2. The standard InChI is InChI=1S/C23H32N6O3/c1-4-5-6-32-21(30)17-9-18(25-19-7-13(2)27-28-19)26-22(24-17)29(3)20-15-8-14-10-23(31,11-15)12-16(14)20/h7,9,14-16,20,31H,4-6,8,10-12H2,1-3H3,(H2,24,25,26,27,28). The molecular weight excluding hydrogens is 408 g/mol. The number of anilines is 3. The second-order valence-corrected chi connectivity index (χ2v) is 9.85. The van der Waals surface area contributed by atoms with Crippen molar-refractivity contribution < 1.29 is 14.6 Å². The molecule has 2 aromatic heterocycles. The van der Waals surface area contributed by atoms with Crippen molar-refractivity contribution in [1.82, 2.24) is 20.2 Å². The first-order chi connectivity index (χ1) is 15.3. The van der Waals surface area contributed by atoms with Crippen molar-refractivity contribution in [3.63, 3.8) is 0 Å². The van der Waals surface area contributed by atoms with Crippen molar-refractivity contribution in [2.24, 2.45) is 17.8 Å². The number of aromatic amines is 1. The van der Waals surface area contributed by atoms with E-state index in [1.165, 1.54) is 0 Å². The molecule has 0 amide bonds. The van der Waals surface area contributed by atoms with E-state index in [0.29, 0.717) is 41.9 Å². The molecular formula is C23H32N6O3. The lowest BCUT2D eigenvalue weighted by Gasteiger charge is -2.42. The third-order valence-corrected chi connectivity index (χ3v) is 7.41. The van der Waals surface area contributed by atoms with Crippen LogP contribution in [0.3, 0.4) is 0 Å². The summed E-state index contributed by atoms with van der Waals surface area (Å²) in [6.07, 6.45) is 5.52. The molecule has 3 N–H and O–H groups in total. The highest BCUT2D eigenvalue weighted by Gasteiger charge is 2.61. The number of carbonyl (C=O) groups is 1. The van der Waals surface area contributed by atoms with Crippen LogP contribution in [0.2, 0.25) is 0 Å². The smallest absolute Gasteiger partial charge is 0.357 e. The molecule has 2 heterocycles. The van der Waals surface area contributed by atoms with Crippen LogP contribution in [-0.4, -0.2) is 56.5 Å². The summed E-state index contributed by atoms with van der Waals surface area (Å²) in [6.45, 7) is 4.35. The molecule has 5 atom stereocenters. The number of unbranched alkanes of at least 4 members (excludes halogenated alkanes) is 1. The summed E-state index contributed by atoms with van der Waals surface area (Å²) in [5.74, 6) is 2.62. The number of esters is 1. The molecule has 2 aromatic rings. The normalized spacial score (nSPS) is 30.0. The summed E-state index contributed by atoms with van der Waals surface area (Å²) in [4.78, 5) is 24.1. The topological polar surface area (TPSA) is 116 Å². The molecule has 4 aliphatic rings. The largest absolute Gasteiger partial charge is 0.461 e. The van der Waals surface area contributed by atoms with Crippen molar-refractivity contribution in [2.45, 2.75) is 64.0 Å². The van der Waals surface area contributed by atoms with Gasteiger partial charge in [0, 0.05) is 30.9 Å². The second kappa shape index (κ2) is 8.03. The van der Waals surface area contributed by atoms with Crippen LogP contribution in [0.5, 0.6) is 0 Å². The van der Waals surface area contributed by atoms with Gasteiger partial charge >= 0.3 is 5.97 Å². The molecule has 4 fully saturated rings. The lowest BCUT2D eigenvalue weighted by atomic mass is 9.76. The first-order valence-electron chi connectivity index (χ1n) is 11.7. The molecule has 5 unspecified atom stereocenters. The summed E-state index contributed by atoms with van der Waals surface area (Å²) in [5.41, 5.74) is 0.680. The average Bonchev–Trinajstić information content (AvgIpc) is 3.34. The Bertz CT molecular complexity index is 1010.